The van der Waals surface area contributed by atoms with Crippen LogP contribution in [0.15, 0.2) is 23.1 Å². The van der Waals surface area contributed by atoms with Crippen molar-refractivity contribution in [2.75, 3.05) is 18.0 Å². The van der Waals surface area contributed by atoms with Crippen LogP contribution < -0.4 is 9.62 Å². The Morgan fingerprint density at radius 3 is 2.72 bits per heavy atom. The van der Waals surface area contributed by atoms with Crippen LogP contribution in [0.5, 0.6) is 0 Å². The molecule has 3 aliphatic rings. The molecule has 6 heteroatoms. The molecule has 1 heterocycles. The first-order valence-corrected chi connectivity index (χ1v) is 10.8. The lowest BCUT2D eigenvalue weighted by Gasteiger charge is -2.22. The molecule has 0 unspecified atom stereocenters. The molecule has 1 aromatic rings. The van der Waals surface area contributed by atoms with E-state index in [9.17, 15) is 13.2 Å². The number of hydrogen-bond acceptors (Lipinski definition) is 3. The molecule has 4 rings (SSSR count). The van der Waals surface area contributed by atoms with Crippen molar-refractivity contribution >= 4 is 21.6 Å². The highest BCUT2D eigenvalue weighted by atomic mass is 32.2. The summed E-state index contributed by atoms with van der Waals surface area (Å²) in [5.74, 6) is 2.06. The molecule has 1 amide bonds. The maximum Gasteiger partial charge on any atom is 0.240 e. The molecule has 25 heavy (non-hydrogen) atoms. The number of hydrogen-bond donors (Lipinski definition) is 1. The Hall–Kier alpha value is -1.40. The van der Waals surface area contributed by atoms with Gasteiger partial charge in [0.1, 0.15) is 0 Å². The van der Waals surface area contributed by atoms with Gasteiger partial charge in [0.15, 0.2) is 0 Å². The van der Waals surface area contributed by atoms with Crippen molar-refractivity contribution in [2.24, 2.45) is 17.8 Å². The van der Waals surface area contributed by atoms with Gasteiger partial charge < -0.3 is 4.90 Å². The molecule has 1 N–H and O–H groups in total. The molecule has 0 radical (unpaired) electrons. The van der Waals surface area contributed by atoms with Crippen molar-refractivity contribution in [3.05, 3.63) is 23.8 Å². The number of nitrogens with zero attached hydrogens (tertiary/aromatic N) is 1. The van der Waals surface area contributed by atoms with Crippen molar-refractivity contribution in [1.82, 2.24) is 4.72 Å². The first-order chi connectivity index (χ1) is 11.9. The smallest absolute Gasteiger partial charge is 0.240 e. The Morgan fingerprint density at radius 1 is 1.24 bits per heavy atom. The molecule has 136 valence electrons. The summed E-state index contributed by atoms with van der Waals surface area (Å²) in [6, 6.07) is 5.29. The Balaban J connectivity index is 1.52. The molecule has 3 atom stereocenters. The third kappa shape index (κ3) is 3.22. The van der Waals surface area contributed by atoms with E-state index in [0.29, 0.717) is 41.9 Å². The second kappa shape index (κ2) is 6.40. The summed E-state index contributed by atoms with van der Waals surface area (Å²) in [7, 11) is -3.55. The highest BCUT2D eigenvalue weighted by Gasteiger charge is 2.39. The predicted molar refractivity (Wildman–Crippen MR) is 96.9 cm³/mol. The van der Waals surface area contributed by atoms with Gasteiger partial charge in [0.25, 0.3) is 0 Å². The number of nitrogens with one attached hydrogen (secondary N) is 1. The van der Waals surface area contributed by atoms with E-state index in [1.54, 1.807) is 17.0 Å². The van der Waals surface area contributed by atoms with Crippen LogP contribution in [0.3, 0.4) is 0 Å². The maximum absolute atomic E-state index is 12.9. The number of fused-ring (bicyclic) bond motifs is 2. The van der Waals surface area contributed by atoms with E-state index in [1.807, 2.05) is 13.0 Å². The summed E-state index contributed by atoms with van der Waals surface area (Å²) in [5.41, 5.74) is 1.41. The number of benzene rings is 1. The van der Waals surface area contributed by atoms with E-state index < -0.39 is 10.0 Å². The van der Waals surface area contributed by atoms with Crippen LogP contribution >= 0.6 is 0 Å². The van der Waals surface area contributed by atoms with E-state index in [4.69, 9.17) is 0 Å². The number of sulfonamides is 1. The molecule has 1 aliphatic heterocycles. The van der Waals surface area contributed by atoms with Crippen molar-refractivity contribution < 1.29 is 13.2 Å². The number of aryl methyl sites for hydroxylation is 1. The van der Waals surface area contributed by atoms with Crippen molar-refractivity contribution in [3.8, 4) is 0 Å². The van der Waals surface area contributed by atoms with Crippen LogP contribution in [0.1, 0.15) is 44.1 Å². The van der Waals surface area contributed by atoms with Crippen LogP contribution in [-0.4, -0.2) is 27.4 Å². The van der Waals surface area contributed by atoms with Gasteiger partial charge in [0, 0.05) is 25.2 Å². The minimum absolute atomic E-state index is 0.0714. The third-order valence-corrected chi connectivity index (χ3v) is 7.83. The Labute approximate surface area is 149 Å². The molecule has 2 bridgehead atoms. The molecular weight excluding hydrogens is 336 g/mol. The van der Waals surface area contributed by atoms with Crippen molar-refractivity contribution in [1.29, 1.82) is 0 Å². The number of anilines is 1. The molecule has 1 aromatic carbocycles. The number of carbonyl (C=O) groups excluding carboxylic acids is 1. The van der Waals surface area contributed by atoms with Gasteiger partial charge in [0.2, 0.25) is 15.9 Å². The van der Waals surface area contributed by atoms with Crippen LogP contribution in [-0.2, 0) is 14.8 Å². The lowest BCUT2D eigenvalue weighted by Crippen LogP contribution is -2.32. The van der Waals surface area contributed by atoms with E-state index >= 15 is 0 Å². The lowest BCUT2D eigenvalue weighted by atomic mass is 9.89. The fraction of sp³-hybridized carbons (Fsp3) is 0.632. The zero-order valence-electron chi connectivity index (χ0n) is 14.7. The Bertz CT molecular complexity index is 790. The van der Waals surface area contributed by atoms with E-state index in [1.165, 1.54) is 19.3 Å². The molecule has 1 saturated heterocycles. The molecule has 3 fully saturated rings. The van der Waals surface area contributed by atoms with Gasteiger partial charge >= 0.3 is 0 Å². The fourth-order valence-electron chi connectivity index (χ4n) is 4.89. The van der Waals surface area contributed by atoms with E-state index in [2.05, 4.69) is 4.72 Å². The maximum atomic E-state index is 12.9. The summed E-state index contributed by atoms with van der Waals surface area (Å²) in [5, 5.41) is 0. The minimum Gasteiger partial charge on any atom is -0.312 e. The van der Waals surface area contributed by atoms with Gasteiger partial charge in [-0.05, 0) is 68.1 Å². The fourth-order valence-corrected chi connectivity index (χ4v) is 6.25. The number of carbonyl (C=O) groups is 1. The average Bonchev–Trinajstić information content (AvgIpc) is 3.30. The van der Waals surface area contributed by atoms with E-state index in [0.717, 1.165) is 24.3 Å². The van der Waals surface area contributed by atoms with Gasteiger partial charge in [-0.2, -0.15) is 0 Å². The van der Waals surface area contributed by atoms with Crippen molar-refractivity contribution in [2.45, 2.75) is 50.3 Å². The summed E-state index contributed by atoms with van der Waals surface area (Å²) in [4.78, 5) is 13.9. The zero-order chi connectivity index (χ0) is 17.6. The molecule has 0 aromatic heterocycles. The summed E-state index contributed by atoms with van der Waals surface area (Å²) in [6.07, 6.45) is 6.38. The average molecular weight is 362 g/mol. The van der Waals surface area contributed by atoms with E-state index in [-0.39, 0.29) is 5.91 Å². The SMILES string of the molecule is Cc1ccc(N2CCCC2=O)cc1S(=O)(=O)NC[C@H]1C[C@H]2CC[C@@H]1C2. The van der Waals surface area contributed by atoms with Gasteiger partial charge in [-0.25, -0.2) is 13.1 Å². The second-order valence-corrected chi connectivity index (χ2v) is 9.62. The van der Waals surface area contributed by atoms with Gasteiger partial charge in [-0.1, -0.05) is 12.5 Å². The highest BCUT2D eigenvalue weighted by molar-refractivity contribution is 7.89. The standard InChI is InChI=1S/C19H26N2O3S/c1-13-4-7-17(21-8-2-3-19(21)22)11-18(13)25(23,24)20-12-16-10-14-5-6-15(16)9-14/h4,7,11,14-16,20H,2-3,5-6,8-10,12H2,1H3/t14-,15+,16+/m0/s1. The molecule has 2 aliphatic carbocycles. The molecule has 0 spiro atoms. The minimum atomic E-state index is -3.55. The van der Waals surface area contributed by atoms with Crippen LogP contribution in [0.25, 0.3) is 0 Å². The number of rotatable bonds is 5. The zero-order valence-corrected chi connectivity index (χ0v) is 15.5. The van der Waals surface area contributed by atoms with Crippen molar-refractivity contribution in [3.63, 3.8) is 0 Å². The summed E-state index contributed by atoms with van der Waals surface area (Å²) >= 11 is 0. The highest BCUT2D eigenvalue weighted by Crippen LogP contribution is 2.48. The normalized spacial score (nSPS) is 28.9. The first-order valence-electron chi connectivity index (χ1n) is 9.35. The largest absolute Gasteiger partial charge is 0.312 e. The van der Waals surface area contributed by atoms with Gasteiger partial charge in [0.05, 0.1) is 4.90 Å². The first kappa shape index (κ1) is 17.0. The molecule has 2 saturated carbocycles. The monoisotopic (exact) mass is 362 g/mol. The molecular formula is C19H26N2O3S. The Kier molecular flexibility index (Phi) is 4.36. The quantitative estimate of drug-likeness (QED) is 0.876. The Morgan fingerprint density at radius 2 is 2.08 bits per heavy atom. The van der Waals surface area contributed by atoms with Crippen LogP contribution in [0, 0.1) is 24.7 Å². The van der Waals surface area contributed by atoms with Crippen LogP contribution in [0.2, 0.25) is 0 Å². The van der Waals surface area contributed by atoms with Crippen LogP contribution in [0.4, 0.5) is 5.69 Å². The molecule has 5 nitrogen and oxygen atoms in total. The summed E-state index contributed by atoms with van der Waals surface area (Å²) < 4.78 is 28.5. The van der Waals surface area contributed by atoms with Gasteiger partial charge in [-0.3, -0.25) is 4.79 Å². The lowest BCUT2D eigenvalue weighted by molar-refractivity contribution is -0.117. The number of amides is 1. The van der Waals surface area contributed by atoms with Gasteiger partial charge in [-0.15, -0.1) is 0 Å². The topological polar surface area (TPSA) is 66.5 Å². The predicted octanol–water partition coefficient (Wildman–Crippen LogP) is 2.84. The second-order valence-electron chi connectivity index (χ2n) is 7.89. The summed E-state index contributed by atoms with van der Waals surface area (Å²) in [6.45, 7) is 3.01. The third-order valence-electron chi connectivity index (χ3n) is 6.27.